The van der Waals surface area contributed by atoms with Gasteiger partial charge in [-0.1, -0.05) is 26.0 Å². The van der Waals surface area contributed by atoms with E-state index in [-0.39, 0.29) is 5.91 Å². The van der Waals surface area contributed by atoms with Gasteiger partial charge >= 0.3 is 0 Å². The predicted molar refractivity (Wildman–Crippen MR) is 87.8 cm³/mol. The van der Waals surface area contributed by atoms with Gasteiger partial charge in [0.2, 0.25) is 5.91 Å². The van der Waals surface area contributed by atoms with Crippen LogP contribution in [-0.4, -0.2) is 44.7 Å². The van der Waals surface area contributed by atoms with Crippen LogP contribution >= 0.6 is 0 Å². The first-order valence-electron chi connectivity index (χ1n) is 8.29. The average Bonchev–Trinajstić information content (AvgIpc) is 2.53. The number of nitrogens with one attached hydrogen (secondary N) is 1. The molecule has 0 rings (SSSR count). The minimum absolute atomic E-state index is 0.0368. The Morgan fingerprint density at radius 3 is 2.36 bits per heavy atom. The molecule has 0 radical (unpaired) electrons. The molecule has 0 fully saturated rings. The van der Waals surface area contributed by atoms with Crippen molar-refractivity contribution in [2.75, 3.05) is 33.0 Å². The van der Waals surface area contributed by atoms with Crippen LogP contribution in [-0.2, 0) is 19.1 Å². The van der Waals surface area contributed by atoms with Crippen LogP contribution in [0.4, 0.5) is 0 Å². The molecule has 0 spiro atoms. The van der Waals surface area contributed by atoms with Crippen LogP contribution in [0.2, 0.25) is 0 Å². The summed E-state index contributed by atoms with van der Waals surface area (Å²) < 4.78 is 10.7. The third kappa shape index (κ3) is 15.2. The van der Waals surface area contributed by atoms with Gasteiger partial charge < -0.3 is 14.8 Å². The second-order valence-electron chi connectivity index (χ2n) is 4.99. The molecule has 0 saturated carbocycles. The van der Waals surface area contributed by atoms with Gasteiger partial charge in [-0.05, 0) is 19.3 Å². The Morgan fingerprint density at radius 1 is 0.955 bits per heavy atom. The van der Waals surface area contributed by atoms with Crippen LogP contribution in [0, 0.1) is 0 Å². The summed E-state index contributed by atoms with van der Waals surface area (Å²) in [6, 6.07) is 0. The van der Waals surface area contributed by atoms with Crippen LogP contribution < -0.4 is 5.32 Å². The number of hydrogen-bond acceptors (Lipinski definition) is 4. The molecule has 1 N–H and O–H groups in total. The molecular formula is C17H31NO4. The Bertz CT molecular complexity index is 316. The molecule has 0 aromatic rings. The molecule has 5 nitrogen and oxygen atoms in total. The zero-order valence-corrected chi connectivity index (χ0v) is 14.1. The average molecular weight is 313 g/mol. The number of carbonyl (C=O) groups excluding carboxylic acids is 2. The quantitative estimate of drug-likeness (QED) is 0.373. The third-order valence-corrected chi connectivity index (χ3v) is 3.00. The van der Waals surface area contributed by atoms with Crippen molar-refractivity contribution in [3.63, 3.8) is 0 Å². The van der Waals surface area contributed by atoms with Crippen LogP contribution in [0.25, 0.3) is 0 Å². The fraction of sp³-hybridized carbons (Fsp3) is 0.765. The molecule has 0 aromatic heterocycles. The zero-order valence-electron chi connectivity index (χ0n) is 14.1. The van der Waals surface area contributed by atoms with E-state index in [4.69, 9.17) is 9.47 Å². The molecule has 0 aliphatic carbocycles. The van der Waals surface area contributed by atoms with E-state index in [2.05, 4.69) is 24.4 Å². The van der Waals surface area contributed by atoms with Crippen molar-refractivity contribution in [1.82, 2.24) is 5.32 Å². The van der Waals surface area contributed by atoms with Gasteiger partial charge in [0.15, 0.2) is 0 Å². The van der Waals surface area contributed by atoms with Gasteiger partial charge in [0, 0.05) is 32.4 Å². The molecule has 0 atom stereocenters. The lowest BCUT2D eigenvalue weighted by Crippen LogP contribution is -2.26. The van der Waals surface area contributed by atoms with Crippen LogP contribution in [0.1, 0.15) is 52.4 Å². The van der Waals surface area contributed by atoms with Crippen molar-refractivity contribution in [2.24, 2.45) is 0 Å². The van der Waals surface area contributed by atoms with E-state index in [1.165, 1.54) is 0 Å². The summed E-state index contributed by atoms with van der Waals surface area (Å²) >= 11 is 0. The molecule has 0 aromatic carbocycles. The van der Waals surface area contributed by atoms with E-state index < -0.39 is 0 Å². The Hall–Kier alpha value is -1.20. The fourth-order valence-electron chi connectivity index (χ4n) is 1.73. The van der Waals surface area contributed by atoms with E-state index in [0.717, 1.165) is 19.3 Å². The highest BCUT2D eigenvalue weighted by atomic mass is 16.5. The lowest BCUT2D eigenvalue weighted by molar-refractivity contribution is -0.121. The molecule has 0 aliphatic rings. The lowest BCUT2D eigenvalue weighted by atomic mass is 10.1. The number of rotatable bonds is 15. The SMILES string of the molecule is CC/C=C\CCC(=O)CCCOCCOCCNC(=O)CC. The highest BCUT2D eigenvalue weighted by molar-refractivity contribution is 5.78. The van der Waals surface area contributed by atoms with Crippen molar-refractivity contribution < 1.29 is 19.1 Å². The van der Waals surface area contributed by atoms with Crippen molar-refractivity contribution in [1.29, 1.82) is 0 Å². The summed E-state index contributed by atoms with van der Waals surface area (Å²) in [4.78, 5) is 22.5. The highest BCUT2D eigenvalue weighted by Crippen LogP contribution is 2.00. The first kappa shape index (κ1) is 20.8. The molecule has 0 saturated heterocycles. The maximum Gasteiger partial charge on any atom is 0.219 e. The Labute approximate surface area is 134 Å². The highest BCUT2D eigenvalue weighted by Gasteiger charge is 2.00. The lowest BCUT2D eigenvalue weighted by Gasteiger charge is -2.06. The first-order valence-corrected chi connectivity index (χ1v) is 8.29. The number of amides is 1. The number of hydrogen-bond donors (Lipinski definition) is 1. The molecular weight excluding hydrogens is 282 g/mol. The molecule has 128 valence electrons. The normalized spacial score (nSPS) is 11.0. The summed E-state index contributed by atoms with van der Waals surface area (Å²) in [5.41, 5.74) is 0. The predicted octanol–water partition coefficient (Wildman–Crippen LogP) is 2.64. The summed E-state index contributed by atoms with van der Waals surface area (Å²) in [6.07, 6.45) is 8.50. The zero-order chi connectivity index (χ0) is 16.5. The van der Waals surface area contributed by atoms with Gasteiger partial charge in [-0.3, -0.25) is 9.59 Å². The van der Waals surface area contributed by atoms with E-state index in [9.17, 15) is 9.59 Å². The van der Waals surface area contributed by atoms with Gasteiger partial charge in [0.25, 0.3) is 0 Å². The summed E-state index contributed by atoms with van der Waals surface area (Å²) in [5.74, 6) is 0.335. The number of carbonyl (C=O) groups is 2. The molecule has 0 unspecified atom stereocenters. The topological polar surface area (TPSA) is 64.6 Å². The monoisotopic (exact) mass is 313 g/mol. The van der Waals surface area contributed by atoms with Crippen LogP contribution in [0.3, 0.4) is 0 Å². The molecule has 5 heteroatoms. The number of Topliss-reactive ketones (excluding diaryl/α,β-unsaturated/α-hetero) is 1. The fourth-order valence-corrected chi connectivity index (χ4v) is 1.73. The standard InChI is InChI=1S/C17H31NO4/c1-3-5-6-7-9-16(19)10-8-12-21-14-15-22-13-11-18-17(20)4-2/h5-6H,3-4,7-15H2,1-2H3,(H,18,20)/b6-5-. The maximum absolute atomic E-state index is 11.5. The molecule has 0 heterocycles. The van der Waals surface area contributed by atoms with Crippen molar-refractivity contribution in [3.05, 3.63) is 12.2 Å². The number of ketones is 1. The second-order valence-corrected chi connectivity index (χ2v) is 4.99. The van der Waals surface area contributed by atoms with Crippen LogP contribution in [0.5, 0.6) is 0 Å². The van der Waals surface area contributed by atoms with E-state index in [1.807, 2.05) is 6.92 Å². The molecule has 22 heavy (non-hydrogen) atoms. The molecule has 1 amide bonds. The maximum atomic E-state index is 11.5. The van der Waals surface area contributed by atoms with Gasteiger partial charge in [0.1, 0.15) is 5.78 Å². The summed E-state index contributed by atoms with van der Waals surface area (Å²) in [5, 5.41) is 2.73. The summed E-state index contributed by atoms with van der Waals surface area (Å²) in [7, 11) is 0. The number of ether oxygens (including phenoxy) is 2. The number of allylic oxidation sites excluding steroid dienone is 2. The largest absolute Gasteiger partial charge is 0.379 e. The minimum Gasteiger partial charge on any atom is -0.379 e. The van der Waals surface area contributed by atoms with Gasteiger partial charge in [-0.15, -0.1) is 0 Å². The van der Waals surface area contributed by atoms with Crippen LogP contribution in [0.15, 0.2) is 12.2 Å². The smallest absolute Gasteiger partial charge is 0.219 e. The second kappa shape index (κ2) is 16.2. The molecule has 0 bridgehead atoms. The van der Waals surface area contributed by atoms with Crippen molar-refractivity contribution >= 4 is 11.7 Å². The van der Waals surface area contributed by atoms with Gasteiger partial charge in [-0.25, -0.2) is 0 Å². The molecule has 0 aliphatic heterocycles. The van der Waals surface area contributed by atoms with Crippen molar-refractivity contribution in [3.8, 4) is 0 Å². The van der Waals surface area contributed by atoms with E-state index >= 15 is 0 Å². The first-order chi connectivity index (χ1) is 10.7. The summed E-state index contributed by atoms with van der Waals surface area (Å²) in [6.45, 7) is 6.56. The van der Waals surface area contributed by atoms with Gasteiger partial charge in [-0.2, -0.15) is 0 Å². The Balaban J connectivity index is 3.21. The van der Waals surface area contributed by atoms with Crippen molar-refractivity contribution in [2.45, 2.75) is 52.4 Å². The third-order valence-electron chi connectivity index (χ3n) is 3.00. The van der Waals surface area contributed by atoms with E-state index in [0.29, 0.717) is 58.0 Å². The Morgan fingerprint density at radius 2 is 1.68 bits per heavy atom. The van der Waals surface area contributed by atoms with Gasteiger partial charge in [0.05, 0.1) is 19.8 Å². The van der Waals surface area contributed by atoms with E-state index in [1.54, 1.807) is 0 Å². The Kier molecular flexibility index (Phi) is 15.3. The minimum atomic E-state index is 0.0368.